The highest BCUT2D eigenvalue weighted by Crippen LogP contribution is 2.05. The average molecular weight is 190 g/mol. The molecule has 0 saturated heterocycles. The molecule has 0 aliphatic rings. The maximum absolute atomic E-state index is 5.10. The molecular weight excluding hydrogens is 174 g/mol. The Morgan fingerprint density at radius 1 is 1.43 bits per heavy atom. The van der Waals surface area contributed by atoms with Crippen molar-refractivity contribution in [3.63, 3.8) is 0 Å². The summed E-state index contributed by atoms with van der Waals surface area (Å²) in [4.78, 5) is 5.10. The summed E-state index contributed by atoms with van der Waals surface area (Å²) in [7, 11) is 0. The van der Waals surface area contributed by atoms with E-state index in [1.807, 2.05) is 26.0 Å². The fourth-order valence-electron chi connectivity index (χ4n) is 1.05. The van der Waals surface area contributed by atoms with E-state index in [-0.39, 0.29) is 0 Å². The third-order valence-corrected chi connectivity index (χ3v) is 1.69. The molecule has 14 heavy (non-hydrogen) atoms. The van der Waals surface area contributed by atoms with E-state index in [1.165, 1.54) is 5.56 Å². The zero-order chi connectivity index (χ0) is 10.4. The van der Waals surface area contributed by atoms with E-state index in [9.17, 15) is 0 Å². The molecule has 75 valence electrons. The molecule has 0 spiro atoms. The molecule has 1 aromatic carbocycles. The first-order valence-corrected chi connectivity index (χ1v) is 4.81. The molecule has 0 aliphatic carbocycles. The molecule has 0 N–H and O–H groups in total. The van der Waals surface area contributed by atoms with Gasteiger partial charge in [0.1, 0.15) is 12.8 Å². The molecule has 0 saturated carbocycles. The van der Waals surface area contributed by atoms with E-state index in [2.05, 4.69) is 30.4 Å². The topological polar surface area (TPSA) is 21.6 Å². The lowest BCUT2D eigenvalue weighted by molar-refractivity contribution is 0.131. The molecule has 0 heterocycles. The number of benzene rings is 1. The van der Waals surface area contributed by atoms with E-state index in [4.69, 9.17) is 4.84 Å². The molecule has 0 aliphatic heterocycles. The van der Waals surface area contributed by atoms with Crippen LogP contribution in [-0.2, 0) is 11.4 Å². The third-order valence-electron chi connectivity index (χ3n) is 1.69. The molecule has 1 rings (SSSR count). The van der Waals surface area contributed by atoms with Crippen LogP contribution in [0.4, 0.5) is 0 Å². The highest BCUT2D eigenvalue weighted by molar-refractivity contribution is 5.58. The van der Waals surface area contributed by atoms with Crippen LogP contribution in [0.1, 0.15) is 25.0 Å². The van der Waals surface area contributed by atoms with Crippen molar-refractivity contribution in [3.8, 4) is 0 Å². The molecule has 2 nitrogen and oxygen atoms in total. The number of aryl methyl sites for hydroxylation is 1. The maximum Gasteiger partial charge on any atom is 0.142 e. The number of nitrogens with zero attached hydrogens (tertiary/aromatic N) is 1. The predicted octanol–water partition coefficient (Wildman–Crippen LogP) is 3.03. The van der Waals surface area contributed by atoms with Crippen molar-refractivity contribution in [2.45, 2.75) is 27.4 Å². The van der Waals surface area contributed by atoms with Gasteiger partial charge in [-0.25, -0.2) is 0 Å². The summed E-state index contributed by atoms with van der Waals surface area (Å²) in [6.07, 6.45) is 2.83. The zero-order valence-electron chi connectivity index (χ0n) is 8.95. The van der Waals surface area contributed by atoms with Gasteiger partial charge in [-0.1, -0.05) is 48.8 Å². The van der Waals surface area contributed by atoms with Gasteiger partial charge in [0.05, 0.1) is 0 Å². The molecule has 0 bridgehead atoms. The van der Waals surface area contributed by atoms with Gasteiger partial charge in [-0.05, 0) is 12.5 Å². The predicted molar refractivity (Wildman–Crippen MR) is 58.2 cm³/mol. The molecule has 1 aromatic rings. The van der Waals surface area contributed by atoms with E-state index in [1.54, 1.807) is 0 Å². The van der Waals surface area contributed by atoms with Crippen LogP contribution in [-0.4, -0.2) is 6.21 Å². The van der Waals surface area contributed by atoms with Crippen LogP contribution in [0, 0.1) is 12.8 Å². The van der Waals surface area contributed by atoms with Crippen molar-refractivity contribution in [1.29, 1.82) is 0 Å². The first-order chi connectivity index (χ1) is 6.68. The number of hydrogen-bond acceptors (Lipinski definition) is 2. The van der Waals surface area contributed by atoms with Crippen molar-refractivity contribution in [2.75, 3.05) is 0 Å². The van der Waals surface area contributed by atoms with Gasteiger partial charge in [0.25, 0.3) is 0 Å². The van der Waals surface area contributed by atoms with Gasteiger partial charge in [0, 0.05) is 5.92 Å². The molecular formula is C12H16NO. The lowest BCUT2D eigenvalue weighted by atomic mass is 10.1. The molecule has 2 heteroatoms. The summed E-state index contributed by atoms with van der Waals surface area (Å²) in [5.74, 6) is 0.313. The fourth-order valence-corrected chi connectivity index (χ4v) is 1.05. The maximum atomic E-state index is 5.10. The van der Waals surface area contributed by atoms with Gasteiger partial charge in [0.2, 0.25) is 0 Å². The summed E-state index contributed by atoms with van der Waals surface area (Å²) >= 11 is 0. The highest BCUT2D eigenvalue weighted by Gasteiger charge is 1.92. The Bertz CT molecular complexity index is 305. The summed E-state index contributed by atoms with van der Waals surface area (Å²) in [5, 5.41) is 3.75. The van der Waals surface area contributed by atoms with Crippen LogP contribution in [0.3, 0.4) is 0 Å². The van der Waals surface area contributed by atoms with Crippen LogP contribution in [0.25, 0.3) is 0 Å². The smallest absolute Gasteiger partial charge is 0.142 e. The van der Waals surface area contributed by atoms with E-state index in [0.717, 1.165) is 5.56 Å². The Morgan fingerprint density at radius 2 is 2.21 bits per heavy atom. The van der Waals surface area contributed by atoms with Gasteiger partial charge in [-0.15, -0.1) is 0 Å². The zero-order valence-corrected chi connectivity index (χ0v) is 8.95. The van der Waals surface area contributed by atoms with Crippen molar-refractivity contribution in [1.82, 2.24) is 0 Å². The standard InChI is InChI=1S/C12H16NO/c1-10(2)8-13-14-9-12-6-4-5-11(3)7-12/h4-7,10H,9H2,1-3H3. The largest absolute Gasteiger partial charge is 0.391 e. The molecule has 0 aromatic heterocycles. The SMILES string of the molecule is Cc1cccc(CO/N=[C]\C(C)C)c1. The lowest BCUT2D eigenvalue weighted by Crippen LogP contribution is -1.91. The Hall–Kier alpha value is -1.31. The summed E-state index contributed by atoms with van der Waals surface area (Å²) < 4.78 is 0. The first kappa shape index (κ1) is 10.8. The number of hydrogen-bond donors (Lipinski definition) is 0. The van der Waals surface area contributed by atoms with E-state index < -0.39 is 0 Å². The van der Waals surface area contributed by atoms with Crippen molar-refractivity contribution in [2.24, 2.45) is 11.1 Å². The minimum atomic E-state index is 0.313. The third kappa shape index (κ3) is 4.08. The normalized spacial score (nSPS) is 11.1. The fraction of sp³-hybridized carbons (Fsp3) is 0.417. The minimum absolute atomic E-state index is 0.313. The highest BCUT2D eigenvalue weighted by atomic mass is 16.6. The monoisotopic (exact) mass is 190 g/mol. The van der Waals surface area contributed by atoms with Gasteiger partial charge in [-0.2, -0.15) is 0 Å². The Balaban J connectivity index is 2.38. The number of rotatable bonds is 4. The second-order valence-electron chi connectivity index (χ2n) is 3.64. The Kier molecular flexibility index (Phi) is 4.17. The second-order valence-corrected chi connectivity index (χ2v) is 3.64. The second kappa shape index (κ2) is 5.43. The van der Waals surface area contributed by atoms with Crippen LogP contribution in [0.15, 0.2) is 29.4 Å². The van der Waals surface area contributed by atoms with Crippen molar-refractivity contribution in [3.05, 3.63) is 35.4 Å². The van der Waals surface area contributed by atoms with Crippen LogP contribution >= 0.6 is 0 Å². The van der Waals surface area contributed by atoms with Gasteiger partial charge in [0.15, 0.2) is 0 Å². The average Bonchev–Trinajstić information content (AvgIpc) is 2.12. The Morgan fingerprint density at radius 3 is 2.86 bits per heavy atom. The van der Waals surface area contributed by atoms with Gasteiger partial charge in [-0.3, -0.25) is 0 Å². The molecule has 0 amide bonds. The van der Waals surface area contributed by atoms with Crippen LogP contribution < -0.4 is 0 Å². The summed E-state index contributed by atoms with van der Waals surface area (Å²) in [6, 6.07) is 8.19. The van der Waals surface area contributed by atoms with Crippen molar-refractivity contribution < 1.29 is 4.84 Å². The first-order valence-electron chi connectivity index (χ1n) is 4.81. The van der Waals surface area contributed by atoms with Gasteiger partial charge < -0.3 is 4.84 Å². The molecule has 0 fully saturated rings. The molecule has 1 radical (unpaired) electrons. The Labute approximate surface area is 85.6 Å². The van der Waals surface area contributed by atoms with Crippen LogP contribution in [0.2, 0.25) is 0 Å². The summed E-state index contributed by atoms with van der Waals surface area (Å²) in [6.45, 7) is 6.60. The van der Waals surface area contributed by atoms with E-state index >= 15 is 0 Å². The van der Waals surface area contributed by atoms with Crippen molar-refractivity contribution >= 4 is 6.21 Å². The quantitative estimate of drug-likeness (QED) is 0.528. The lowest BCUT2D eigenvalue weighted by Gasteiger charge is -2.00. The minimum Gasteiger partial charge on any atom is -0.391 e. The molecule has 0 unspecified atom stereocenters. The summed E-state index contributed by atoms with van der Waals surface area (Å²) in [5.41, 5.74) is 2.38. The van der Waals surface area contributed by atoms with E-state index in [0.29, 0.717) is 12.5 Å². The van der Waals surface area contributed by atoms with Crippen LogP contribution in [0.5, 0.6) is 0 Å². The molecule has 0 atom stereocenters. The van der Waals surface area contributed by atoms with Gasteiger partial charge >= 0.3 is 0 Å².